The van der Waals surface area contributed by atoms with Gasteiger partial charge in [-0.2, -0.15) is 0 Å². The van der Waals surface area contributed by atoms with Crippen LogP contribution >= 0.6 is 11.8 Å². The Kier molecular flexibility index (Phi) is 6.45. The van der Waals surface area contributed by atoms with Crippen LogP contribution in [0.5, 0.6) is 11.5 Å². The molecule has 2 aromatic carbocycles. The molecule has 0 bridgehead atoms. The Hall–Kier alpha value is -2.05. The molecule has 134 valence electrons. The van der Waals surface area contributed by atoms with Gasteiger partial charge in [0, 0.05) is 17.7 Å². The number of thioether (sulfide) groups is 1. The van der Waals surface area contributed by atoms with Crippen molar-refractivity contribution in [3.05, 3.63) is 59.4 Å². The van der Waals surface area contributed by atoms with Gasteiger partial charge in [0.25, 0.3) is 0 Å². The van der Waals surface area contributed by atoms with Crippen molar-refractivity contribution in [2.45, 2.75) is 31.1 Å². The molecule has 0 heterocycles. The Morgan fingerprint density at radius 3 is 2.36 bits per heavy atom. The van der Waals surface area contributed by atoms with E-state index in [1.807, 2.05) is 6.92 Å². The predicted molar refractivity (Wildman–Crippen MR) is 96.5 cm³/mol. The Bertz CT molecular complexity index is 733. The number of ketones is 1. The fourth-order valence-corrected chi connectivity index (χ4v) is 3.92. The summed E-state index contributed by atoms with van der Waals surface area (Å²) in [5.74, 6) is -0.605. The van der Waals surface area contributed by atoms with Crippen LogP contribution in [0.2, 0.25) is 0 Å². The summed E-state index contributed by atoms with van der Waals surface area (Å²) in [4.78, 5) is 12.0. The topological polar surface area (TPSA) is 77.8 Å². The fraction of sp³-hybridized carbons (Fsp3) is 0.316. The summed E-state index contributed by atoms with van der Waals surface area (Å²) < 4.78 is 13.0. The van der Waals surface area contributed by atoms with Gasteiger partial charge in [0.2, 0.25) is 0 Å². The van der Waals surface area contributed by atoms with Crippen molar-refractivity contribution in [2.75, 3.05) is 5.75 Å². The zero-order valence-electron chi connectivity index (χ0n) is 14.0. The number of aliphatic hydroxyl groups is 1. The van der Waals surface area contributed by atoms with Gasteiger partial charge in [0.15, 0.2) is 0 Å². The fourth-order valence-electron chi connectivity index (χ4n) is 2.67. The molecule has 0 saturated heterocycles. The molecule has 0 radical (unpaired) electrons. The third kappa shape index (κ3) is 4.96. The first kappa shape index (κ1) is 19.3. The van der Waals surface area contributed by atoms with Crippen molar-refractivity contribution < 1.29 is 24.5 Å². The monoisotopic (exact) mass is 364 g/mol. The van der Waals surface area contributed by atoms with Crippen LogP contribution in [0.1, 0.15) is 37.0 Å². The molecular formula is C19H21FO4S. The Morgan fingerprint density at radius 2 is 1.80 bits per heavy atom. The number of Topliss-reactive ketones (excluding diaryl/α,β-unsaturated/α-hetero) is 1. The lowest BCUT2D eigenvalue weighted by molar-refractivity contribution is -0.116. The number of carbonyl (C=O) groups excluding carboxylic acids is 1. The second-order valence-corrected chi connectivity index (χ2v) is 7.14. The smallest absolute Gasteiger partial charge is 0.143 e. The van der Waals surface area contributed by atoms with Crippen LogP contribution in [-0.4, -0.2) is 32.1 Å². The van der Waals surface area contributed by atoms with Crippen molar-refractivity contribution in [3.8, 4) is 11.5 Å². The van der Waals surface area contributed by atoms with Gasteiger partial charge in [-0.25, -0.2) is 4.39 Å². The summed E-state index contributed by atoms with van der Waals surface area (Å²) in [6, 6.07) is 9.87. The molecule has 0 amide bonds. The molecule has 6 heteroatoms. The molecule has 0 saturated carbocycles. The van der Waals surface area contributed by atoms with Gasteiger partial charge < -0.3 is 15.3 Å². The molecular weight excluding hydrogens is 343 g/mol. The van der Waals surface area contributed by atoms with Crippen LogP contribution < -0.4 is 0 Å². The average molecular weight is 364 g/mol. The van der Waals surface area contributed by atoms with E-state index in [-0.39, 0.29) is 34.8 Å². The minimum absolute atomic E-state index is 0.0489. The number of rotatable bonds is 7. The number of halogens is 1. The van der Waals surface area contributed by atoms with Crippen LogP contribution in [0.4, 0.5) is 4.39 Å². The minimum Gasteiger partial charge on any atom is -0.508 e. The molecule has 2 aromatic rings. The first-order valence-electron chi connectivity index (χ1n) is 7.87. The lowest BCUT2D eigenvalue weighted by Gasteiger charge is -2.23. The van der Waals surface area contributed by atoms with E-state index in [0.29, 0.717) is 11.1 Å². The Morgan fingerprint density at radius 1 is 1.16 bits per heavy atom. The summed E-state index contributed by atoms with van der Waals surface area (Å²) in [5.41, 5.74) is 1.14. The number of hydrogen-bond donors (Lipinski definition) is 3. The maximum atomic E-state index is 13.0. The number of carbonyl (C=O) groups is 1. The first-order chi connectivity index (χ1) is 11.8. The Balaban J connectivity index is 2.10. The number of phenols is 2. The minimum atomic E-state index is -0.826. The number of hydrogen-bond acceptors (Lipinski definition) is 5. The zero-order chi connectivity index (χ0) is 18.6. The van der Waals surface area contributed by atoms with Crippen molar-refractivity contribution in [3.63, 3.8) is 0 Å². The standard InChI is InChI=1S/C19H21FO4S/c1-11(16-8-7-15(22)9-17(16)23)19(12(2)21)25-10-18(24)13-3-5-14(20)6-4-13/h3-9,11,18-19,22-24H,10H2,1-2H3/t11?,18?,19-/m1/s1. The van der Waals surface area contributed by atoms with Gasteiger partial charge in [-0.3, -0.25) is 4.79 Å². The van der Waals surface area contributed by atoms with E-state index in [1.54, 1.807) is 6.07 Å². The highest BCUT2D eigenvalue weighted by Gasteiger charge is 2.27. The summed E-state index contributed by atoms with van der Waals surface area (Å²) in [6.45, 7) is 3.28. The normalized spacial score (nSPS) is 14.7. The molecule has 2 unspecified atom stereocenters. The van der Waals surface area contributed by atoms with Crippen molar-refractivity contribution in [1.82, 2.24) is 0 Å². The van der Waals surface area contributed by atoms with Crippen LogP contribution in [0.15, 0.2) is 42.5 Å². The van der Waals surface area contributed by atoms with Crippen LogP contribution in [-0.2, 0) is 4.79 Å². The molecule has 0 aromatic heterocycles. The first-order valence-corrected chi connectivity index (χ1v) is 8.92. The number of phenolic OH excluding ortho intramolecular Hbond substituents is 2. The van der Waals surface area contributed by atoms with Crippen LogP contribution in [0, 0.1) is 5.82 Å². The number of aromatic hydroxyl groups is 2. The van der Waals surface area contributed by atoms with E-state index in [9.17, 15) is 24.5 Å². The van der Waals surface area contributed by atoms with Gasteiger partial charge in [-0.05, 0) is 36.2 Å². The average Bonchev–Trinajstić information content (AvgIpc) is 2.55. The maximum Gasteiger partial charge on any atom is 0.143 e. The van der Waals surface area contributed by atoms with Crippen molar-refractivity contribution >= 4 is 17.5 Å². The lowest BCUT2D eigenvalue weighted by Crippen LogP contribution is -2.22. The molecule has 3 N–H and O–H groups in total. The van der Waals surface area contributed by atoms with E-state index in [2.05, 4.69) is 0 Å². The van der Waals surface area contributed by atoms with E-state index in [1.165, 1.54) is 55.1 Å². The van der Waals surface area contributed by atoms with Crippen molar-refractivity contribution in [1.29, 1.82) is 0 Å². The van der Waals surface area contributed by atoms with E-state index in [4.69, 9.17) is 0 Å². The SMILES string of the molecule is CC(=O)[C@H](SCC(O)c1ccc(F)cc1)C(C)c1ccc(O)cc1O. The summed E-state index contributed by atoms with van der Waals surface area (Å²) in [7, 11) is 0. The Labute approximate surface area is 150 Å². The molecule has 0 aliphatic carbocycles. The molecule has 2 rings (SSSR count). The van der Waals surface area contributed by atoms with Crippen LogP contribution in [0.3, 0.4) is 0 Å². The highest BCUT2D eigenvalue weighted by atomic mass is 32.2. The number of benzene rings is 2. The van der Waals surface area contributed by atoms with Crippen molar-refractivity contribution in [2.24, 2.45) is 0 Å². The highest BCUT2D eigenvalue weighted by Crippen LogP contribution is 2.37. The largest absolute Gasteiger partial charge is 0.508 e. The summed E-state index contributed by atoms with van der Waals surface area (Å²) >= 11 is 1.29. The van der Waals surface area contributed by atoms with Gasteiger partial charge in [0.05, 0.1) is 11.4 Å². The van der Waals surface area contributed by atoms with Gasteiger partial charge in [0.1, 0.15) is 23.1 Å². The quantitative estimate of drug-likeness (QED) is 0.697. The van der Waals surface area contributed by atoms with Gasteiger partial charge in [-0.15, -0.1) is 11.8 Å². The predicted octanol–water partition coefficient (Wildman–Crippen LogP) is 3.76. The highest BCUT2D eigenvalue weighted by molar-refractivity contribution is 8.00. The van der Waals surface area contributed by atoms with Crippen LogP contribution in [0.25, 0.3) is 0 Å². The van der Waals surface area contributed by atoms with E-state index < -0.39 is 11.4 Å². The number of aliphatic hydroxyl groups excluding tert-OH is 1. The van der Waals surface area contributed by atoms with E-state index >= 15 is 0 Å². The molecule has 0 fully saturated rings. The molecule has 25 heavy (non-hydrogen) atoms. The van der Waals surface area contributed by atoms with Gasteiger partial charge in [-0.1, -0.05) is 25.1 Å². The summed E-state index contributed by atoms with van der Waals surface area (Å²) in [6.07, 6.45) is -0.826. The zero-order valence-corrected chi connectivity index (χ0v) is 14.8. The molecule has 3 atom stereocenters. The lowest BCUT2D eigenvalue weighted by atomic mass is 9.94. The third-order valence-corrected chi connectivity index (χ3v) is 5.66. The molecule has 0 aliphatic heterocycles. The maximum absolute atomic E-state index is 13.0. The van der Waals surface area contributed by atoms with Gasteiger partial charge >= 0.3 is 0 Å². The molecule has 0 aliphatic rings. The third-order valence-electron chi connectivity index (χ3n) is 4.05. The summed E-state index contributed by atoms with van der Waals surface area (Å²) in [5, 5.41) is 29.2. The molecule has 0 spiro atoms. The van der Waals surface area contributed by atoms with E-state index in [0.717, 1.165) is 0 Å². The molecule has 4 nitrogen and oxygen atoms in total. The second-order valence-electron chi connectivity index (χ2n) is 5.96. The second kappa shape index (κ2) is 8.36.